The number of halogens is 1. The van der Waals surface area contributed by atoms with Crippen LogP contribution in [0.4, 0.5) is 11.4 Å². The molecule has 5 nitrogen and oxygen atoms in total. The smallest absolute Gasteiger partial charge is 0.259 e. The zero-order valence-electron chi connectivity index (χ0n) is 15.5. The maximum atomic E-state index is 13.4. The molecule has 0 spiro atoms. The largest absolute Gasteiger partial charge is 0.311 e. The minimum absolute atomic E-state index is 0.113. The molecule has 0 fully saturated rings. The van der Waals surface area contributed by atoms with Crippen LogP contribution < -0.4 is 9.80 Å². The summed E-state index contributed by atoms with van der Waals surface area (Å²) in [5, 5.41) is 0. The molecule has 0 bridgehead atoms. The summed E-state index contributed by atoms with van der Waals surface area (Å²) >= 11 is 3.51. The van der Waals surface area contributed by atoms with Gasteiger partial charge in [0.25, 0.3) is 11.8 Å². The van der Waals surface area contributed by atoms with Crippen LogP contribution in [0.15, 0.2) is 46.9 Å². The number of hydrogen-bond donors (Lipinski definition) is 0. The number of nitrogens with zero attached hydrogens (tertiary/aromatic N) is 3. The number of para-hydroxylation sites is 1. The fraction of sp³-hybridized carbons (Fsp3) is 0.238. The number of carbonyl (C=O) groups is 2. The van der Waals surface area contributed by atoms with Gasteiger partial charge in [-0.15, -0.1) is 0 Å². The topological polar surface area (TPSA) is 43.9 Å². The second-order valence-electron chi connectivity index (χ2n) is 7.05. The van der Waals surface area contributed by atoms with Gasteiger partial charge in [-0.25, -0.2) is 0 Å². The summed E-state index contributed by atoms with van der Waals surface area (Å²) in [4.78, 5) is 31.9. The fourth-order valence-corrected chi connectivity index (χ4v) is 4.04. The van der Waals surface area contributed by atoms with E-state index in [-0.39, 0.29) is 11.8 Å². The van der Waals surface area contributed by atoms with E-state index in [1.165, 1.54) is 0 Å². The molecule has 2 aromatic carbocycles. The molecule has 6 heteroatoms. The monoisotopic (exact) mass is 425 g/mol. The Morgan fingerprint density at radius 1 is 0.926 bits per heavy atom. The van der Waals surface area contributed by atoms with Crippen molar-refractivity contribution >= 4 is 50.3 Å². The van der Waals surface area contributed by atoms with Crippen molar-refractivity contribution in [1.82, 2.24) is 4.90 Å². The van der Waals surface area contributed by atoms with Crippen LogP contribution in [-0.2, 0) is 9.59 Å². The zero-order chi connectivity index (χ0) is 19.3. The van der Waals surface area contributed by atoms with E-state index in [9.17, 15) is 9.59 Å². The lowest BCUT2D eigenvalue weighted by Gasteiger charge is -2.19. The Morgan fingerprint density at radius 3 is 2.37 bits per heavy atom. The summed E-state index contributed by atoms with van der Waals surface area (Å²) in [5.41, 5.74) is 4.29. The normalized spacial score (nSPS) is 18.6. The van der Waals surface area contributed by atoms with Gasteiger partial charge in [0.05, 0.1) is 22.5 Å². The second kappa shape index (κ2) is 6.62. The average Bonchev–Trinajstić information content (AvgIpc) is 3.04. The summed E-state index contributed by atoms with van der Waals surface area (Å²) in [6, 6.07) is 13.4. The minimum atomic E-state index is -0.139. The molecule has 27 heavy (non-hydrogen) atoms. The molecular weight excluding hydrogens is 406 g/mol. The Hall–Kier alpha value is -2.44. The minimum Gasteiger partial charge on any atom is -0.311 e. The number of anilines is 2. The van der Waals surface area contributed by atoms with Gasteiger partial charge in [0.2, 0.25) is 0 Å². The molecule has 2 aromatic rings. The van der Waals surface area contributed by atoms with Crippen LogP contribution in [0.5, 0.6) is 0 Å². The first-order chi connectivity index (χ1) is 12.9. The van der Waals surface area contributed by atoms with Gasteiger partial charge in [-0.3, -0.25) is 9.59 Å². The molecule has 0 atom stereocenters. The van der Waals surface area contributed by atoms with Crippen molar-refractivity contribution in [1.29, 1.82) is 0 Å². The third-order valence-electron chi connectivity index (χ3n) is 5.05. The highest BCUT2D eigenvalue weighted by Gasteiger charge is 2.40. The van der Waals surface area contributed by atoms with Crippen LogP contribution in [0.3, 0.4) is 0 Å². The molecule has 0 radical (unpaired) electrons. The van der Waals surface area contributed by atoms with Gasteiger partial charge in [-0.05, 0) is 38.4 Å². The SMILES string of the molecule is CN(C)CCN1C(=O)/C(=C2/C(=O)N(C)c3ccccc32)c2cc(Br)ccc21. The summed E-state index contributed by atoms with van der Waals surface area (Å²) in [6.07, 6.45) is 0. The van der Waals surface area contributed by atoms with Crippen molar-refractivity contribution in [2.24, 2.45) is 0 Å². The quantitative estimate of drug-likeness (QED) is 0.708. The van der Waals surface area contributed by atoms with Gasteiger partial charge >= 0.3 is 0 Å². The zero-order valence-corrected chi connectivity index (χ0v) is 17.1. The van der Waals surface area contributed by atoms with E-state index >= 15 is 0 Å². The van der Waals surface area contributed by atoms with E-state index in [0.29, 0.717) is 17.7 Å². The number of carbonyl (C=O) groups excluding carboxylic acids is 2. The Bertz CT molecular complexity index is 997. The standard InChI is InChI=1S/C21H20BrN3O2/c1-23(2)10-11-25-17-9-8-13(22)12-15(17)19(21(25)27)18-14-6-4-5-7-16(14)24(3)20(18)26/h4-9,12H,10-11H2,1-3H3/b19-18+. The van der Waals surface area contributed by atoms with Gasteiger partial charge in [0.1, 0.15) is 0 Å². The van der Waals surface area contributed by atoms with Crippen LogP contribution in [0.25, 0.3) is 11.1 Å². The number of rotatable bonds is 3. The molecule has 0 saturated heterocycles. The number of amides is 2. The van der Waals surface area contributed by atoms with Gasteiger partial charge < -0.3 is 14.7 Å². The van der Waals surface area contributed by atoms with Crippen molar-refractivity contribution in [3.63, 3.8) is 0 Å². The van der Waals surface area contributed by atoms with E-state index < -0.39 is 0 Å². The van der Waals surface area contributed by atoms with Gasteiger partial charge in [-0.2, -0.15) is 0 Å². The van der Waals surface area contributed by atoms with Crippen molar-refractivity contribution in [3.8, 4) is 0 Å². The highest BCUT2D eigenvalue weighted by molar-refractivity contribution is 9.10. The highest BCUT2D eigenvalue weighted by Crippen LogP contribution is 2.46. The summed E-state index contributed by atoms with van der Waals surface area (Å²) in [7, 11) is 5.71. The van der Waals surface area contributed by atoms with E-state index in [4.69, 9.17) is 0 Å². The maximum absolute atomic E-state index is 13.4. The molecule has 0 aliphatic carbocycles. The Morgan fingerprint density at radius 2 is 1.63 bits per heavy atom. The lowest BCUT2D eigenvalue weighted by molar-refractivity contribution is -0.114. The van der Waals surface area contributed by atoms with Gasteiger partial charge in [-0.1, -0.05) is 34.1 Å². The fourth-order valence-electron chi connectivity index (χ4n) is 3.68. The Balaban J connectivity index is 1.94. The third kappa shape index (κ3) is 2.80. The van der Waals surface area contributed by atoms with Gasteiger partial charge in [0, 0.05) is 35.7 Å². The van der Waals surface area contributed by atoms with E-state index in [0.717, 1.165) is 33.5 Å². The second-order valence-corrected chi connectivity index (χ2v) is 7.97. The molecule has 0 unspecified atom stereocenters. The van der Waals surface area contributed by atoms with Crippen LogP contribution in [-0.4, -0.2) is 50.9 Å². The lowest BCUT2D eigenvalue weighted by Crippen LogP contribution is -2.34. The first-order valence-corrected chi connectivity index (χ1v) is 9.57. The molecule has 2 aliphatic heterocycles. The molecular formula is C21H20BrN3O2. The average molecular weight is 426 g/mol. The lowest BCUT2D eigenvalue weighted by atomic mass is 9.96. The summed E-state index contributed by atoms with van der Waals surface area (Å²) < 4.78 is 0.883. The molecule has 138 valence electrons. The predicted molar refractivity (Wildman–Crippen MR) is 112 cm³/mol. The van der Waals surface area contributed by atoms with Crippen molar-refractivity contribution in [3.05, 3.63) is 58.1 Å². The van der Waals surface area contributed by atoms with Gasteiger partial charge in [0.15, 0.2) is 0 Å². The van der Waals surface area contributed by atoms with Crippen molar-refractivity contribution in [2.45, 2.75) is 0 Å². The maximum Gasteiger partial charge on any atom is 0.259 e. The van der Waals surface area contributed by atoms with Crippen LogP contribution >= 0.6 is 15.9 Å². The van der Waals surface area contributed by atoms with E-state index in [2.05, 4.69) is 15.9 Å². The van der Waals surface area contributed by atoms with E-state index in [1.54, 1.807) is 16.8 Å². The number of likely N-dealkylation sites (N-methyl/N-ethyl adjacent to an activating group) is 2. The molecule has 2 aliphatic rings. The van der Waals surface area contributed by atoms with Crippen LogP contribution in [0.2, 0.25) is 0 Å². The number of benzene rings is 2. The number of hydrogen-bond acceptors (Lipinski definition) is 3. The predicted octanol–water partition coefficient (Wildman–Crippen LogP) is 3.24. The molecule has 4 rings (SSSR count). The van der Waals surface area contributed by atoms with Crippen molar-refractivity contribution in [2.75, 3.05) is 44.0 Å². The first kappa shape index (κ1) is 17.9. The summed E-state index contributed by atoms with van der Waals surface area (Å²) in [6.45, 7) is 1.32. The summed E-state index contributed by atoms with van der Waals surface area (Å²) in [5.74, 6) is -0.252. The van der Waals surface area contributed by atoms with Crippen LogP contribution in [0.1, 0.15) is 11.1 Å². The number of fused-ring (bicyclic) bond motifs is 2. The Kier molecular flexibility index (Phi) is 4.40. The van der Waals surface area contributed by atoms with Crippen LogP contribution in [0, 0.1) is 0 Å². The first-order valence-electron chi connectivity index (χ1n) is 8.78. The Labute approximate surface area is 167 Å². The third-order valence-corrected chi connectivity index (χ3v) is 5.55. The molecule has 0 aromatic heterocycles. The molecule has 0 N–H and O–H groups in total. The molecule has 2 amide bonds. The highest BCUT2D eigenvalue weighted by atomic mass is 79.9. The molecule has 0 saturated carbocycles. The van der Waals surface area contributed by atoms with E-state index in [1.807, 2.05) is 61.5 Å². The van der Waals surface area contributed by atoms with Crippen molar-refractivity contribution < 1.29 is 9.59 Å². The molecule has 2 heterocycles.